The zero-order valence-electron chi connectivity index (χ0n) is 6.58. The van der Waals surface area contributed by atoms with E-state index in [1.165, 1.54) is 12.1 Å². The standard InChI is InChI=1S/C7H4BrF2NO3/c8-5-2-1-4(3-11-5)14-7(9,10)6(12)13/h1-3H,(H,12,13). The average Bonchev–Trinajstić information content (AvgIpc) is 2.08. The number of rotatable bonds is 3. The predicted octanol–water partition coefficient (Wildman–Crippen LogP) is 1.90. The number of ether oxygens (including phenoxy) is 1. The molecule has 0 spiro atoms. The molecule has 0 aromatic carbocycles. The molecule has 0 atom stereocenters. The van der Waals surface area contributed by atoms with Crippen molar-refractivity contribution >= 4 is 21.9 Å². The van der Waals surface area contributed by atoms with E-state index in [0.717, 1.165) is 6.20 Å². The highest BCUT2D eigenvalue weighted by Gasteiger charge is 2.42. The summed E-state index contributed by atoms with van der Waals surface area (Å²) in [6.45, 7) is 0. The van der Waals surface area contributed by atoms with Gasteiger partial charge >= 0.3 is 12.1 Å². The van der Waals surface area contributed by atoms with Gasteiger partial charge in [0.25, 0.3) is 0 Å². The van der Waals surface area contributed by atoms with Gasteiger partial charge < -0.3 is 9.84 Å². The molecule has 0 aliphatic heterocycles. The first-order valence-electron chi connectivity index (χ1n) is 3.33. The van der Waals surface area contributed by atoms with Gasteiger partial charge in [0.15, 0.2) is 0 Å². The first-order valence-corrected chi connectivity index (χ1v) is 4.13. The van der Waals surface area contributed by atoms with Gasteiger partial charge in [-0.25, -0.2) is 9.78 Å². The number of carbonyl (C=O) groups is 1. The Labute approximate surface area is 85.6 Å². The van der Waals surface area contributed by atoms with Gasteiger partial charge in [0.2, 0.25) is 0 Å². The summed E-state index contributed by atoms with van der Waals surface area (Å²) in [5, 5.41) is 8.05. The van der Waals surface area contributed by atoms with Gasteiger partial charge in [0, 0.05) is 0 Å². The van der Waals surface area contributed by atoms with E-state index in [0.29, 0.717) is 4.60 Å². The minimum Gasteiger partial charge on any atom is -0.474 e. The Morgan fingerprint density at radius 2 is 2.21 bits per heavy atom. The summed E-state index contributed by atoms with van der Waals surface area (Å²) in [6.07, 6.45) is -3.25. The van der Waals surface area contributed by atoms with E-state index < -0.39 is 12.1 Å². The lowest BCUT2D eigenvalue weighted by Gasteiger charge is -2.12. The molecule has 7 heteroatoms. The Morgan fingerprint density at radius 3 is 2.64 bits per heavy atom. The Kier molecular flexibility index (Phi) is 3.00. The fourth-order valence-corrected chi connectivity index (χ4v) is 0.849. The fraction of sp³-hybridized carbons (Fsp3) is 0.143. The zero-order chi connectivity index (χ0) is 10.8. The van der Waals surface area contributed by atoms with Crippen molar-refractivity contribution < 1.29 is 23.4 Å². The molecule has 1 rings (SSSR count). The SMILES string of the molecule is O=C(O)C(F)(F)Oc1ccc(Br)nc1. The summed E-state index contributed by atoms with van der Waals surface area (Å²) in [7, 11) is 0. The molecule has 4 nitrogen and oxygen atoms in total. The number of aromatic nitrogens is 1. The third kappa shape index (κ3) is 2.63. The van der Waals surface area contributed by atoms with Gasteiger partial charge in [-0.05, 0) is 28.1 Å². The van der Waals surface area contributed by atoms with Gasteiger partial charge in [0.1, 0.15) is 10.4 Å². The van der Waals surface area contributed by atoms with Crippen molar-refractivity contribution in [1.29, 1.82) is 0 Å². The van der Waals surface area contributed by atoms with Crippen LogP contribution < -0.4 is 4.74 Å². The molecule has 1 heterocycles. The van der Waals surface area contributed by atoms with Gasteiger partial charge in [-0.15, -0.1) is 0 Å². The van der Waals surface area contributed by atoms with Crippen molar-refractivity contribution in [2.45, 2.75) is 6.11 Å². The maximum Gasteiger partial charge on any atom is 0.501 e. The molecule has 14 heavy (non-hydrogen) atoms. The molecule has 76 valence electrons. The number of carboxylic acids is 1. The molecular formula is C7H4BrF2NO3. The molecule has 0 radical (unpaired) electrons. The number of pyridine rings is 1. The molecule has 0 aliphatic carbocycles. The van der Waals surface area contributed by atoms with Crippen LogP contribution in [0.1, 0.15) is 0 Å². The van der Waals surface area contributed by atoms with Gasteiger partial charge in [-0.2, -0.15) is 8.78 Å². The average molecular weight is 268 g/mol. The Hall–Kier alpha value is -1.24. The summed E-state index contributed by atoms with van der Waals surface area (Å²) in [5.41, 5.74) is 0. The summed E-state index contributed by atoms with van der Waals surface area (Å²) >= 11 is 2.98. The molecule has 0 aliphatic rings. The zero-order valence-corrected chi connectivity index (χ0v) is 8.16. The van der Waals surface area contributed by atoms with Crippen LogP contribution >= 0.6 is 15.9 Å². The van der Waals surface area contributed by atoms with Crippen LogP contribution in [0.4, 0.5) is 8.78 Å². The summed E-state index contributed by atoms with van der Waals surface area (Å²) < 4.78 is 29.3. The van der Waals surface area contributed by atoms with Crippen molar-refractivity contribution in [1.82, 2.24) is 4.98 Å². The number of halogens is 3. The van der Waals surface area contributed by atoms with Crippen LogP contribution in [-0.2, 0) is 4.79 Å². The van der Waals surface area contributed by atoms with E-state index in [-0.39, 0.29) is 5.75 Å². The van der Waals surface area contributed by atoms with E-state index in [1.807, 2.05) is 0 Å². The maximum absolute atomic E-state index is 12.5. The number of hydrogen-bond donors (Lipinski definition) is 1. The lowest BCUT2D eigenvalue weighted by atomic mass is 10.4. The van der Waals surface area contributed by atoms with Gasteiger partial charge in [-0.1, -0.05) is 0 Å². The van der Waals surface area contributed by atoms with E-state index >= 15 is 0 Å². The van der Waals surface area contributed by atoms with Crippen molar-refractivity contribution in [2.24, 2.45) is 0 Å². The highest BCUT2D eigenvalue weighted by Crippen LogP contribution is 2.21. The van der Waals surface area contributed by atoms with E-state index in [9.17, 15) is 13.6 Å². The number of aliphatic carboxylic acids is 1. The number of nitrogens with zero attached hydrogens (tertiary/aromatic N) is 1. The van der Waals surface area contributed by atoms with Crippen LogP contribution in [0.5, 0.6) is 5.75 Å². The lowest BCUT2D eigenvalue weighted by molar-refractivity contribution is -0.210. The fourth-order valence-electron chi connectivity index (χ4n) is 0.614. The van der Waals surface area contributed by atoms with E-state index in [4.69, 9.17) is 5.11 Å². The second kappa shape index (κ2) is 3.87. The normalized spacial score (nSPS) is 11.1. The summed E-state index contributed by atoms with van der Waals surface area (Å²) in [4.78, 5) is 13.6. The van der Waals surface area contributed by atoms with E-state index in [1.54, 1.807) is 0 Å². The Bertz CT molecular complexity index is 341. The Balaban J connectivity index is 2.79. The quantitative estimate of drug-likeness (QED) is 0.850. The van der Waals surface area contributed by atoms with Crippen LogP contribution in [0.25, 0.3) is 0 Å². The molecule has 1 aromatic heterocycles. The van der Waals surface area contributed by atoms with Crippen LogP contribution in [0.3, 0.4) is 0 Å². The topological polar surface area (TPSA) is 59.4 Å². The Morgan fingerprint density at radius 1 is 1.57 bits per heavy atom. The lowest BCUT2D eigenvalue weighted by Crippen LogP contribution is -2.34. The second-order valence-corrected chi connectivity index (χ2v) is 3.05. The van der Waals surface area contributed by atoms with Crippen molar-refractivity contribution in [3.05, 3.63) is 22.9 Å². The summed E-state index contributed by atoms with van der Waals surface area (Å²) in [5.74, 6) is -2.67. The van der Waals surface area contributed by atoms with Gasteiger partial charge in [0.05, 0.1) is 6.20 Å². The van der Waals surface area contributed by atoms with E-state index in [2.05, 4.69) is 25.7 Å². The van der Waals surface area contributed by atoms with Crippen LogP contribution in [0.2, 0.25) is 0 Å². The second-order valence-electron chi connectivity index (χ2n) is 2.24. The largest absolute Gasteiger partial charge is 0.501 e. The molecule has 0 amide bonds. The molecule has 1 aromatic rings. The summed E-state index contributed by atoms with van der Waals surface area (Å²) in [6, 6.07) is 2.53. The smallest absolute Gasteiger partial charge is 0.474 e. The minimum atomic E-state index is -4.24. The maximum atomic E-state index is 12.5. The first-order chi connectivity index (χ1) is 6.42. The molecule has 0 bridgehead atoms. The monoisotopic (exact) mass is 267 g/mol. The molecular weight excluding hydrogens is 264 g/mol. The number of alkyl halides is 2. The van der Waals surface area contributed by atoms with Crippen LogP contribution in [0, 0.1) is 0 Å². The van der Waals surface area contributed by atoms with Crippen LogP contribution in [0.15, 0.2) is 22.9 Å². The minimum absolute atomic E-state index is 0.319. The van der Waals surface area contributed by atoms with Gasteiger partial charge in [-0.3, -0.25) is 0 Å². The van der Waals surface area contributed by atoms with Crippen LogP contribution in [-0.4, -0.2) is 22.2 Å². The first kappa shape index (κ1) is 10.8. The van der Waals surface area contributed by atoms with Crippen molar-refractivity contribution in [3.8, 4) is 5.75 Å². The van der Waals surface area contributed by atoms with Crippen molar-refractivity contribution in [2.75, 3.05) is 0 Å². The molecule has 0 saturated carbocycles. The molecule has 0 unspecified atom stereocenters. The molecule has 0 saturated heterocycles. The molecule has 0 fully saturated rings. The number of hydrogen-bond acceptors (Lipinski definition) is 3. The molecule has 1 N–H and O–H groups in total. The highest BCUT2D eigenvalue weighted by molar-refractivity contribution is 9.10. The predicted molar refractivity (Wildman–Crippen MR) is 45.1 cm³/mol. The number of carboxylic acid groups (broad SMARTS) is 1. The van der Waals surface area contributed by atoms with Crippen molar-refractivity contribution in [3.63, 3.8) is 0 Å². The third-order valence-corrected chi connectivity index (χ3v) is 1.66. The third-order valence-electron chi connectivity index (χ3n) is 1.20. The highest BCUT2D eigenvalue weighted by atomic mass is 79.9.